The van der Waals surface area contributed by atoms with Crippen LogP contribution >= 0.6 is 0 Å². The van der Waals surface area contributed by atoms with E-state index in [0.717, 1.165) is 0 Å². The van der Waals surface area contributed by atoms with Crippen LogP contribution in [0.3, 0.4) is 0 Å². The zero-order valence-corrected chi connectivity index (χ0v) is 9.23. The summed E-state index contributed by atoms with van der Waals surface area (Å²) in [6, 6.07) is 1.56. The number of ether oxygens (including phenoxy) is 2. The van der Waals surface area contributed by atoms with Crippen LogP contribution in [0.5, 0.6) is 5.88 Å². The number of aromatic nitrogens is 2. The van der Waals surface area contributed by atoms with Gasteiger partial charge in [-0.05, 0) is 6.92 Å². The quantitative estimate of drug-likeness (QED) is 0.424. The molecule has 1 atom stereocenters. The molecule has 1 unspecified atom stereocenters. The molecule has 0 aliphatic heterocycles. The molecule has 0 aromatic carbocycles. The molecule has 0 aliphatic carbocycles. The van der Waals surface area contributed by atoms with Crippen LogP contribution in [0.1, 0.15) is 12.7 Å². The molecule has 0 aliphatic rings. The van der Waals surface area contributed by atoms with E-state index in [1.165, 1.54) is 0 Å². The minimum Gasteiger partial charge on any atom is -0.461 e. The first-order valence-electron chi connectivity index (χ1n) is 4.66. The Hall–Kier alpha value is -1.84. The molecule has 0 amide bonds. The Labute approximate surface area is 94.1 Å². The first kappa shape index (κ1) is 12.2. The van der Waals surface area contributed by atoms with E-state index in [1.807, 2.05) is 0 Å². The van der Waals surface area contributed by atoms with Crippen LogP contribution < -0.4 is 16.0 Å². The summed E-state index contributed by atoms with van der Waals surface area (Å²) in [7, 11) is 1.55. The zero-order valence-electron chi connectivity index (χ0n) is 9.23. The van der Waals surface area contributed by atoms with Gasteiger partial charge >= 0.3 is 0 Å². The van der Waals surface area contributed by atoms with Gasteiger partial charge in [0.15, 0.2) is 11.9 Å². The lowest BCUT2D eigenvalue weighted by Crippen LogP contribution is -2.14. The Morgan fingerprint density at radius 3 is 2.94 bits per heavy atom. The first-order valence-corrected chi connectivity index (χ1v) is 4.66. The number of hydrogen-bond donors (Lipinski definition) is 2. The lowest BCUT2D eigenvalue weighted by Gasteiger charge is -2.10. The first-order chi connectivity index (χ1) is 7.69. The molecule has 1 aromatic heterocycles. The Morgan fingerprint density at radius 1 is 1.62 bits per heavy atom. The number of hydrazine groups is 1. The van der Waals surface area contributed by atoms with Gasteiger partial charge in [0.25, 0.3) is 0 Å². The van der Waals surface area contributed by atoms with Crippen molar-refractivity contribution in [3.8, 4) is 18.2 Å². The maximum Gasteiger partial charge on any atom is 0.220 e. The van der Waals surface area contributed by atoms with Gasteiger partial charge in [0.1, 0.15) is 12.4 Å². The van der Waals surface area contributed by atoms with E-state index in [-0.39, 0.29) is 12.7 Å². The minimum atomic E-state index is -0.365. The predicted octanol–water partition coefficient (Wildman–Crippen LogP) is 0.309. The maximum absolute atomic E-state index is 5.35. The van der Waals surface area contributed by atoms with Gasteiger partial charge in [-0.25, -0.2) is 10.8 Å². The fourth-order valence-electron chi connectivity index (χ4n) is 1.02. The highest BCUT2D eigenvalue weighted by Crippen LogP contribution is 2.14. The van der Waals surface area contributed by atoms with Crippen molar-refractivity contribution < 1.29 is 9.47 Å². The van der Waals surface area contributed by atoms with E-state index in [4.69, 9.17) is 21.7 Å². The summed E-state index contributed by atoms with van der Waals surface area (Å²) in [5.74, 6) is 8.98. The number of nitrogens with one attached hydrogen (secondary N) is 1. The van der Waals surface area contributed by atoms with Crippen molar-refractivity contribution >= 4 is 5.82 Å². The van der Waals surface area contributed by atoms with Crippen molar-refractivity contribution in [3.05, 3.63) is 11.9 Å². The van der Waals surface area contributed by atoms with Crippen LogP contribution in [-0.4, -0.2) is 23.2 Å². The normalized spacial score (nSPS) is 11.6. The predicted molar refractivity (Wildman–Crippen MR) is 59.5 cm³/mol. The number of rotatable bonds is 5. The molecule has 0 saturated heterocycles. The molecular formula is C10H14N4O2. The third-order valence-corrected chi connectivity index (χ3v) is 1.70. The third-order valence-electron chi connectivity index (χ3n) is 1.70. The van der Waals surface area contributed by atoms with E-state index in [9.17, 15) is 0 Å². The number of anilines is 1. The summed E-state index contributed by atoms with van der Waals surface area (Å²) >= 11 is 0. The molecule has 0 spiro atoms. The molecule has 6 nitrogen and oxygen atoms in total. The van der Waals surface area contributed by atoms with E-state index in [2.05, 4.69) is 21.3 Å². The smallest absolute Gasteiger partial charge is 0.220 e. The largest absolute Gasteiger partial charge is 0.461 e. The van der Waals surface area contributed by atoms with E-state index in [0.29, 0.717) is 17.5 Å². The molecule has 0 saturated carbocycles. The Balaban J connectivity index is 2.91. The standard InChI is InChI=1S/C10H14N4O2/c1-4-7(2)16-10-5-8(14-11)12-9(13-10)6-15-3/h1,5,7H,6,11H2,2-3H3,(H,12,13,14). The maximum atomic E-state index is 5.35. The van der Waals surface area contributed by atoms with Crippen molar-refractivity contribution in [1.29, 1.82) is 0 Å². The highest BCUT2D eigenvalue weighted by Gasteiger charge is 2.07. The van der Waals surface area contributed by atoms with Gasteiger partial charge in [-0.15, -0.1) is 6.42 Å². The lowest BCUT2D eigenvalue weighted by molar-refractivity contribution is 0.175. The van der Waals surface area contributed by atoms with Crippen molar-refractivity contribution in [2.45, 2.75) is 19.6 Å². The second-order valence-electron chi connectivity index (χ2n) is 3.01. The topological polar surface area (TPSA) is 82.3 Å². The fraction of sp³-hybridized carbons (Fsp3) is 0.400. The molecule has 6 heteroatoms. The highest BCUT2D eigenvalue weighted by molar-refractivity contribution is 5.37. The van der Waals surface area contributed by atoms with Gasteiger partial charge in [-0.2, -0.15) is 4.98 Å². The van der Waals surface area contributed by atoms with Crippen LogP contribution in [0.2, 0.25) is 0 Å². The van der Waals surface area contributed by atoms with Gasteiger partial charge in [0.05, 0.1) is 0 Å². The Morgan fingerprint density at radius 2 is 2.38 bits per heavy atom. The molecule has 1 heterocycles. The SMILES string of the molecule is C#CC(C)Oc1cc(NN)nc(COC)n1. The van der Waals surface area contributed by atoms with Crippen molar-refractivity contribution in [1.82, 2.24) is 9.97 Å². The van der Waals surface area contributed by atoms with E-state index < -0.39 is 0 Å². The second kappa shape index (κ2) is 5.90. The van der Waals surface area contributed by atoms with Crippen LogP contribution in [0.4, 0.5) is 5.82 Å². The van der Waals surface area contributed by atoms with E-state index >= 15 is 0 Å². The second-order valence-corrected chi connectivity index (χ2v) is 3.01. The van der Waals surface area contributed by atoms with Gasteiger partial charge in [0, 0.05) is 13.2 Å². The average Bonchev–Trinajstić information content (AvgIpc) is 2.29. The summed E-state index contributed by atoms with van der Waals surface area (Å²) in [6.45, 7) is 2.02. The third kappa shape index (κ3) is 3.38. The number of methoxy groups -OCH3 is 1. The molecule has 0 radical (unpaired) electrons. The monoisotopic (exact) mass is 222 g/mol. The van der Waals surface area contributed by atoms with Gasteiger partial charge in [0.2, 0.25) is 5.88 Å². The molecule has 0 fully saturated rings. The molecule has 16 heavy (non-hydrogen) atoms. The van der Waals surface area contributed by atoms with Crippen molar-refractivity contribution in [2.75, 3.05) is 12.5 Å². The summed E-state index contributed by atoms with van der Waals surface area (Å²) in [6.07, 6.45) is 4.84. The van der Waals surface area contributed by atoms with E-state index in [1.54, 1.807) is 20.1 Å². The molecule has 86 valence electrons. The van der Waals surface area contributed by atoms with Gasteiger partial charge in [-0.1, -0.05) is 5.92 Å². The van der Waals surface area contributed by atoms with Crippen LogP contribution in [0.25, 0.3) is 0 Å². The van der Waals surface area contributed by atoms with Crippen molar-refractivity contribution in [2.24, 2.45) is 5.84 Å². The zero-order chi connectivity index (χ0) is 12.0. The summed E-state index contributed by atoms with van der Waals surface area (Å²) in [4.78, 5) is 8.18. The van der Waals surface area contributed by atoms with Crippen LogP contribution in [-0.2, 0) is 11.3 Å². The highest BCUT2D eigenvalue weighted by atomic mass is 16.5. The number of nitrogen functional groups attached to an aromatic ring is 1. The number of hydrogen-bond acceptors (Lipinski definition) is 6. The van der Waals surface area contributed by atoms with Gasteiger partial charge < -0.3 is 14.9 Å². The van der Waals surface area contributed by atoms with Crippen LogP contribution in [0, 0.1) is 12.3 Å². The summed E-state index contributed by atoms with van der Waals surface area (Å²) in [5, 5.41) is 0. The summed E-state index contributed by atoms with van der Waals surface area (Å²) < 4.78 is 10.3. The molecular weight excluding hydrogens is 208 g/mol. The van der Waals surface area contributed by atoms with Crippen LogP contribution in [0.15, 0.2) is 6.07 Å². The minimum absolute atomic E-state index is 0.274. The molecule has 0 bridgehead atoms. The van der Waals surface area contributed by atoms with Crippen molar-refractivity contribution in [3.63, 3.8) is 0 Å². The fourth-order valence-corrected chi connectivity index (χ4v) is 1.02. The molecule has 3 N–H and O–H groups in total. The lowest BCUT2D eigenvalue weighted by atomic mass is 10.4. The average molecular weight is 222 g/mol. The molecule has 1 aromatic rings. The Kier molecular flexibility index (Phi) is 4.51. The molecule has 1 rings (SSSR count). The number of nitrogens with two attached hydrogens (primary N) is 1. The number of terminal acetylenes is 1. The summed E-state index contributed by atoms with van der Waals surface area (Å²) in [5.41, 5.74) is 2.42. The van der Waals surface area contributed by atoms with Gasteiger partial charge in [-0.3, -0.25) is 0 Å². The number of nitrogens with zero attached hydrogens (tertiary/aromatic N) is 2. The Bertz CT molecular complexity index is 389.